The van der Waals surface area contributed by atoms with Gasteiger partial charge in [-0.1, -0.05) is 133 Å². The van der Waals surface area contributed by atoms with E-state index in [1.54, 1.807) is 42.5 Å². The molecule has 5 rings (SSSR count). The Morgan fingerprint density at radius 1 is 0.500 bits per heavy atom. The van der Waals surface area contributed by atoms with Crippen molar-refractivity contribution in [1.82, 2.24) is 21.3 Å². The van der Waals surface area contributed by atoms with Crippen LogP contribution in [0.3, 0.4) is 0 Å². The molecule has 11 heteroatoms. The van der Waals surface area contributed by atoms with Crippen LogP contribution in [0, 0.1) is 0 Å². The van der Waals surface area contributed by atoms with Crippen molar-refractivity contribution in [2.24, 2.45) is 5.73 Å². The van der Waals surface area contributed by atoms with Crippen molar-refractivity contribution in [2.45, 2.75) is 56.8 Å². The van der Waals surface area contributed by atoms with Gasteiger partial charge in [-0.3, -0.25) is 28.8 Å². The lowest BCUT2D eigenvalue weighted by Gasteiger charge is -2.23. The van der Waals surface area contributed by atoms with Gasteiger partial charge in [0.05, 0.1) is 12.5 Å². The SMILES string of the molecule is CC(NC(=O)C(Cc1ccccc1)NC(=O)Cc1ccccc1)C(=O)C(=O)NC(Cc1ccccc1)C(=O)NC(Cc1ccc2ccccc2c1)C(N)=O. The number of carbonyl (C=O) groups excluding carboxylic acids is 6. The van der Waals surface area contributed by atoms with E-state index in [-0.39, 0.29) is 25.7 Å². The highest BCUT2D eigenvalue weighted by Crippen LogP contribution is 2.17. The third-order valence-corrected chi connectivity index (χ3v) is 8.94. The Kier molecular flexibility index (Phi) is 13.4. The molecule has 5 aromatic carbocycles. The Morgan fingerprint density at radius 2 is 0.981 bits per heavy atom. The number of nitrogens with two attached hydrogens (primary N) is 1. The van der Waals surface area contributed by atoms with Crippen LogP contribution in [0.25, 0.3) is 10.8 Å². The maximum atomic E-state index is 13.7. The molecule has 11 nitrogen and oxygen atoms in total. The molecule has 276 valence electrons. The molecule has 0 aromatic heterocycles. The van der Waals surface area contributed by atoms with Crippen LogP contribution in [-0.4, -0.2) is 59.5 Å². The third-order valence-electron chi connectivity index (χ3n) is 8.94. The van der Waals surface area contributed by atoms with Crippen LogP contribution in [0.15, 0.2) is 133 Å². The van der Waals surface area contributed by atoms with E-state index in [2.05, 4.69) is 21.3 Å². The van der Waals surface area contributed by atoms with Gasteiger partial charge in [0.25, 0.3) is 5.91 Å². The minimum Gasteiger partial charge on any atom is -0.368 e. The first-order valence-corrected chi connectivity index (χ1v) is 17.7. The van der Waals surface area contributed by atoms with Crippen LogP contribution in [0.1, 0.15) is 29.2 Å². The molecule has 0 aliphatic heterocycles. The topological polar surface area (TPSA) is 177 Å². The first-order valence-electron chi connectivity index (χ1n) is 17.7. The lowest BCUT2D eigenvalue weighted by molar-refractivity contribution is -0.141. The molecule has 4 atom stereocenters. The van der Waals surface area contributed by atoms with E-state index in [1.165, 1.54) is 6.92 Å². The number of carbonyl (C=O) groups is 6. The summed E-state index contributed by atoms with van der Waals surface area (Å²) < 4.78 is 0. The number of fused-ring (bicyclic) bond motifs is 1. The van der Waals surface area contributed by atoms with E-state index in [9.17, 15) is 28.8 Å². The van der Waals surface area contributed by atoms with E-state index in [1.807, 2.05) is 91.0 Å². The van der Waals surface area contributed by atoms with Crippen molar-refractivity contribution in [3.63, 3.8) is 0 Å². The average Bonchev–Trinajstić information content (AvgIpc) is 3.17. The van der Waals surface area contributed by atoms with Crippen LogP contribution in [0.5, 0.6) is 0 Å². The molecule has 0 saturated heterocycles. The molecule has 5 aromatic rings. The highest BCUT2D eigenvalue weighted by molar-refractivity contribution is 6.38. The van der Waals surface area contributed by atoms with Crippen LogP contribution in [0.4, 0.5) is 0 Å². The lowest BCUT2D eigenvalue weighted by atomic mass is 10.00. The summed E-state index contributed by atoms with van der Waals surface area (Å²) in [6.07, 6.45) is 0.284. The molecule has 0 heterocycles. The van der Waals surface area contributed by atoms with Crippen LogP contribution in [0.2, 0.25) is 0 Å². The molecule has 0 fully saturated rings. The molecule has 4 unspecified atom stereocenters. The highest BCUT2D eigenvalue weighted by atomic mass is 16.2. The number of Topliss-reactive ketones (excluding diaryl/α,β-unsaturated/α-hetero) is 1. The summed E-state index contributed by atoms with van der Waals surface area (Å²) in [6.45, 7) is 1.35. The Morgan fingerprint density at radius 3 is 1.56 bits per heavy atom. The van der Waals surface area contributed by atoms with Crippen LogP contribution < -0.4 is 27.0 Å². The zero-order valence-electron chi connectivity index (χ0n) is 29.9. The van der Waals surface area contributed by atoms with Gasteiger partial charge in [0, 0.05) is 19.3 Å². The van der Waals surface area contributed by atoms with Gasteiger partial charge in [0.15, 0.2) is 0 Å². The van der Waals surface area contributed by atoms with Crippen molar-refractivity contribution >= 4 is 46.1 Å². The molecule has 0 saturated carbocycles. The first kappa shape index (κ1) is 38.6. The molecule has 54 heavy (non-hydrogen) atoms. The zero-order chi connectivity index (χ0) is 38.5. The van der Waals surface area contributed by atoms with Gasteiger partial charge in [-0.15, -0.1) is 0 Å². The number of benzene rings is 5. The molecule has 0 radical (unpaired) electrons. The second kappa shape index (κ2) is 18.7. The third kappa shape index (κ3) is 11.2. The molecule has 6 N–H and O–H groups in total. The summed E-state index contributed by atoms with van der Waals surface area (Å²) in [7, 11) is 0. The number of primary amides is 1. The van der Waals surface area contributed by atoms with Gasteiger partial charge in [-0.2, -0.15) is 0 Å². The average molecular weight is 726 g/mol. The lowest BCUT2D eigenvalue weighted by Crippen LogP contribution is -2.57. The number of nitrogens with one attached hydrogen (secondary N) is 4. The Labute approximate surface area is 313 Å². The standard InChI is InChI=1S/C43H43N5O6/c1-28(45-41(52)36(24-29-13-5-2-6-14-29)46-38(49)27-31-17-9-4-10-18-31)39(50)43(54)48-37(25-30-15-7-3-8-16-30)42(53)47-35(40(44)51)26-32-21-22-33-19-11-12-20-34(33)23-32/h2-23,28,35-37H,24-27H2,1H3,(H2,44,51)(H,45,52)(H,46,49)(H,47,53)(H,48,54). The van der Waals surface area contributed by atoms with Gasteiger partial charge in [-0.25, -0.2) is 0 Å². The number of hydrogen-bond acceptors (Lipinski definition) is 6. The van der Waals surface area contributed by atoms with E-state index in [4.69, 9.17) is 5.73 Å². The normalized spacial score (nSPS) is 13.1. The highest BCUT2D eigenvalue weighted by Gasteiger charge is 2.32. The van der Waals surface area contributed by atoms with E-state index in [0.29, 0.717) is 5.56 Å². The first-order chi connectivity index (χ1) is 26.0. The minimum absolute atomic E-state index is 0.000482. The summed E-state index contributed by atoms with van der Waals surface area (Å²) in [5, 5.41) is 12.5. The van der Waals surface area contributed by atoms with Crippen molar-refractivity contribution in [3.8, 4) is 0 Å². The van der Waals surface area contributed by atoms with Crippen LogP contribution in [-0.2, 0) is 54.5 Å². The van der Waals surface area contributed by atoms with Gasteiger partial charge >= 0.3 is 0 Å². The van der Waals surface area contributed by atoms with Crippen molar-refractivity contribution in [1.29, 1.82) is 0 Å². The molecule has 5 amide bonds. The number of hydrogen-bond donors (Lipinski definition) is 5. The number of ketones is 1. The summed E-state index contributed by atoms with van der Waals surface area (Å²) in [4.78, 5) is 79.5. The van der Waals surface area contributed by atoms with Gasteiger partial charge < -0.3 is 27.0 Å². The minimum atomic E-state index is -1.31. The fraction of sp³-hybridized carbons (Fsp3) is 0.209. The van der Waals surface area contributed by atoms with Gasteiger partial charge in [-0.05, 0) is 39.9 Å². The second-order valence-electron chi connectivity index (χ2n) is 13.1. The van der Waals surface area contributed by atoms with Crippen molar-refractivity contribution in [3.05, 3.63) is 156 Å². The summed E-state index contributed by atoms with van der Waals surface area (Å²) in [5.74, 6) is -4.66. The van der Waals surface area contributed by atoms with E-state index in [0.717, 1.165) is 27.5 Å². The fourth-order valence-corrected chi connectivity index (χ4v) is 6.05. The largest absolute Gasteiger partial charge is 0.368 e. The fourth-order valence-electron chi connectivity index (χ4n) is 6.05. The van der Waals surface area contributed by atoms with Crippen molar-refractivity contribution < 1.29 is 28.8 Å². The molecule has 0 aliphatic rings. The van der Waals surface area contributed by atoms with Gasteiger partial charge in [0.2, 0.25) is 29.4 Å². The summed E-state index contributed by atoms with van der Waals surface area (Å²) >= 11 is 0. The second-order valence-corrected chi connectivity index (χ2v) is 13.1. The molecule has 0 bridgehead atoms. The maximum absolute atomic E-state index is 13.7. The summed E-state index contributed by atoms with van der Waals surface area (Å²) in [6, 6.07) is 35.7. The molecular formula is C43H43N5O6. The summed E-state index contributed by atoms with van der Waals surface area (Å²) in [5.41, 5.74) is 8.71. The zero-order valence-corrected chi connectivity index (χ0v) is 29.9. The van der Waals surface area contributed by atoms with E-state index >= 15 is 0 Å². The molecule has 0 aliphatic carbocycles. The monoisotopic (exact) mass is 725 g/mol. The molecule has 0 spiro atoms. The quantitative estimate of drug-likeness (QED) is 0.0921. The van der Waals surface area contributed by atoms with Gasteiger partial charge in [0.1, 0.15) is 18.1 Å². The number of rotatable bonds is 17. The molecular weight excluding hydrogens is 683 g/mol. The Hall–Kier alpha value is -6.62. The Balaban J connectivity index is 1.26. The van der Waals surface area contributed by atoms with Crippen molar-refractivity contribution in [2.75, 3.05) is 0 Å². The number of amides is 5. The predicted octanol–water partition coefficient (Wildman–Crippen LogP) is 3.12. The Bertz CT molecular complexity index is 2090. The van der Waals surface area contributed by atoms with Crippen LogP contribution >= 0.6 is 0 Å². The predicted molar refractivity (Wildman–Crippen MR) is 206 cm³/mol. The van der Waals surface area contributed by atoms with E-state index < -0.39 is 59.5 Å². The maximum Gasteiger partial charge on any atom is 0.290 e. The smallest absolute Gasteiger partial charge is 0.290 e.